The summed E-state index contributed by atoms with van der Waals surface area (Å²) in [7, 11) is 0. The molecule has 3 aromatic carbocycles. The summed E-state index contributed by atoms with van der Waals surface area (Å²) in [4.78, 5) is 26.9. The molecule has 0 saturated carbocycles. The Balaban J connectivity index is 1.82. The maximum Gasteiger partial charge on any atom is 0.270 e. The zero-order valence-corrected chi connectivity index (χ0v) is 16.5. The molecule has 6 heteroatoms. The molecule has 1 aliphatic rings. The first kappa shape index (κ1) is 18.3. The maximum atomic E-state index is 13.1. The lowest BCUT2D eigenvalue weighted by Gasteiger charge is -2.29. The summed E-state index contributed by atoms with van der Waals surface area (Å²) in [6, 6.07) is 18.5. The molecule has 1 fully saturated rings. The van der Waals surface area contributed by atoms with Crippen molar-refractivity contribution in [1.82, 2.24) is 5.32 Å². The van der Waals surface area contributed by atoms with Gasteiger partial charge in [0.2, 0.25) is 0 Å². The number of carbonyl (C=O) groups excluding carboxylic acids is 2. The van der Waals surface area contributed by atoms with E-state index in [0.717, 1.165) is 21.9 Å². The summed E-state index contributed by atoms with van der Waals surface area (Å²) in [5, 5.41) is 5.24. The number of hydrogen-bond acceptors (Lipinski definition) is 3. The lowest BCUT2D eigenvalue weighted by molar-refractivity contribution is -0.122. The van der Waals surface area contributed by atoms with E-state index >= 15 is 0 Å². The van der Waals surface area contributed by atoms with Gasteiger partial charge in [-0.25, -0.2) is 0 Å². The third-order valence-electron chi connectivity index (χ3n) is 4.66. The predicted molar refractivity (Wildman–Crippen MR) is 116 cm³/mol. The zero-order chi connectivity index (χ0) is 19.8. The first-order valence-corrected chi connectivity index (χ1v) is 9.40. The number of nitrogens with zero attached hydrogens (tertiary/aromatic N) is 1. The Morgan fingerprint density at radius 2 is 1.64 bits per heavy atom. The smallest absolute Gasteiger partial charge is 0.270 e. The van der Waals surface area contributed by atoms with Gasteiger partial charge in [0.05, 0.1) is 5.69 Å². The monoisotopic (exact) mass is 406 g/mol. The van der Waals surface area contributed by atoms with Gasteiger partial charge in [-0.05, 0) is 71.4 Å². The molecular formula is C22H15ClN2O2S. The summed E-state index contributed by atoms with van der Waals surface area (Å²) in [5.74, 6) is -0.981. The second-order valence-electron chi connectivity index (χ2n) is 6.45. The van der Waals surface area contributed by atoms with Crippen molar-refractivity contribution in [2.75, 3.05) is 4.90 Å². The molecule has 2 amide bonds. The summed E-state index contributed by atoms with van der Waals surface area (Å²) >= 11 is 11.2. The lowest BCUT2D eigenvalue weighted by atomic mass is 9.98. The first-order chi connectivity index (χ1) is 13.5. The van der Waals surface area contributed by atoms with Crippen LogP contribution in [0.25, 0.3) is 16.8 Å². The highest BCUT2D eigenvalue weighted by atomic mass is 35.5. The number of nitrogens with one attached hydrogen (secondary N) is 1. The molecule has 1 saturated heterocycles. The molecule has 3 aromatic rings. The summed E-state index contributed by atoms with van der Waals surface area (Å²) in [6.45, 7) is 2.03. The Morgan fingerprint density at radius 3 is 2.36 bits per heavy atom. The van der Waals surface area contributed by atoms with Gasteiger partial charge in [0, 0.05) is 5.02 Å². The van der Waals surface area contributed by atoms with Crippen molar-refractivity contribution in [2.45, 2.75) is 6.92 Å². The molecule has 0 radical (unpaired) electrons. The molecule has 0 unspecified atom stereocenters. The van der Waals surface area contributed by atoms with Crippen LogP contribution >= 0.6 is 23.8 Å². The maximum absolute atomic E-state index is 13.1. The second-order valence-corrected chi connectivity index (χ2v) is 7.27. The lowest BCUT2D eigenvalue weighted by Crippen LogP contribution is -2.54. The van der Waals surface area contributed by atoms with Gasteiger partial charge < -0.3 is 0 Å². The fourth-order valence-electron chi connectivity index (χ4n) is 3.24. The molecule has 0 aliphatic carbocycles. The molecule has 0 bridgehead atoms. The molecule has 0 aromatic heterocycles. The fraction of sp³-hybridized carbons (Fsp3) is 0.0455. The average molecular weight is 407 g/mol. The van der Waals surface area contributed by atoms with Crippen molar-refractivity contribution in [3.63, 3.8) is 0 Å². The minimum atomic E-state index is -0.509. The molecule has 138 valence electrons. The SMILES string of the molecule is Cc1ccc(/C=C2/C(=O)NC(=S)N(c3ccc(Cl)cc3)C2=O)c2ccccc12. The molecule has 0 spiro atoms. The van der Waals surface area contributed by atoms with Gasteiger partial charge in [-0.3, -0.25) is 19.8 Å². The number of fused-ring (bicyclic) bond motifs is 1. The van der Waals surface area contributed by atoms with Crippen molar-refractivity contribution in [3.8, 4) is 0 Å². The molecule has 0 atom stereocenters. The minimum absolute atomic E-state index is 0.0255. The molecule has 1 aliphatic heterocycles. The standard InChI is InChI=1S/C22H15ClN2O2S/c1-13-6-7-14(18-5-3-2-4-17(13)18)12-19-20(26)24-22(28)25(21(19)27)16-10-8-15(23)9-11-16/h2-12H,1H3,(H,24,26,28)/b19-12-. The van der Waals surface area contributed by atoms with Gasteiger partial charge in [-0.15, -0.1) is 0 Å². The number of rotatable bonds is 2. The number of benzene rings is 3. The van der Waals surface area contributed by atoms with E-state index in [2.05, 4.69) is 5.32 Å². The number of carbonyl (C=O) groups is 2. The van der Waals surface area contributed by atoms with E-state index < -0.39 is 11.8 Å². The highest BCUT2D eigenvalue weighted by Gasteiger charge is 2.34. The Hall–Kier alpha value is -3.02. The van der Waals surface area contributed by atoms with E-state index in [1.807, 2.05) is 43.3 Å². The average Bonchev–Trinajstić information content (AvgIpc) is 2.68. The van der Waals surface area contributed by atoms with Crippen LogP contribution in [0.2, 0.25) is 5.02 Å². The molecule has 4 nitrogen and oxygen atoms in total. The molecule has 1 heterocycles. The van der Waals surface area contributed by atoms with Gasteiger partial charge in [0.25, 0.3) is 11.8 Å². The van der Waals surface area contributed by atoms with E-state index in [1.165, 1.54) is 4.90 Å². The van der Waals surface area contributed by atoms with Gasteiger partial charge in [-0.2, -0.15) is 0 Å². The third kappa shape index (κ3) is 3.19. The third-order valence-corrected chi connectivity index (χ3v) is 5.20. The molecule has 4 rings (SSSR count). The number of halogens is 1. The van der Waals surface area contributed by atoms with Gasteiger partial charge >= 0.3 is 0 Å². The first-order valence-electron chi connectivity index (χ1n) is 8.61. The van der Waals surface area contributed by atoms with Crippen LogP contribution in [0.1, 0.15) is 11.1 Å². The van der Waals surface area contributed by atoms with Gasteiger partial charge in [0.1, 0.15) is 5.57 Å². The number of aryl methyl sites for hydroxylation is 1. The van der Waals surface area contributed by atoms with E-state index in [-0.39, 0.29) is 10.7 Å². The number of thiocarbonyl (C=S) groups is 1. The Bertz CT molecular complexity index is 1170. The highest BCUT2D eigenvalue weighted by molar-refractivity contribution is 7.80. The van der Waals surface area contributed by atoms with E-state index in [1.54, 1.807) is 30.3 Å². The zero-order valence-electron chi connectivity index (χ0n) is 14.9. The number of hydrogen-bond donors (Lipinski definition) is 1. The van der Waals surface area contributed by atoms with Crippen LogP contribution in [0.15, 0.2) is 66.2 Å². The van der Waals surface area contributed by atoms with Gasteiger partial charge in [-0.1, -0.05) is 48.0 Å². The van der Waals surface area contributed by atoms with Crippen molar-refractivity contribution in [3.05, 3.63) is 82.4 Å². The van der Waals surface area contributed by atoms with E-state index in [4.69, 9.17) is 23.8 Å². The predicted octanol–water partition coefficient (Wildman–Crippen LogP) is 4.63. The number of anilines is 1. The largest absolute Gasteiger partial charge is 0.298 e. The quantitative estimate of drug-likeness (QED) is 0.383. The van der Waals surface area contributed by atoms with Crippen molar-refractivity contribution in [1.29, 1.82) is 0 Å². The normalized spacial score (nSPS) is 16.0. The number of amides is 2. The summed E-state index contributed by atoms with van der Waals surface area (Å²) in [6.07, 6.45) is 1.62. The van der Waals surface area contributed by atoms with Crippen molar-refractivity contribution < 1.29 is 9.59 Å². The van der Waals surface area contributed by atoms with Crippen LogP contribution in [-0.4, -0.2) is 16.9 Å². The van der Waals surface area contributed by atoms with E-state index in [0.29, 0.717) is 10.7 Å². The van der Waals surface area contributed by atoms with Crippen molar-refractivity contribution in [2.24, 2.45) is 0 Å². The van der Waals surface area contributed by atoms with Crippen LogP contribution in [0.3, 0.4) is 0 Å². The highest BCUT2D eigenvalue weighted by Crippen LogP contribution is 2.27. The molecule has 28 heavy (non-hydrogen) atoms. The summed E-state index contributed by atoms with van der Waals surface area (Å²) in [5.41, 5.74) is 2.49. The Kier molecular flexibility index (Phi) is 4.71. The second kappa shape index (κ2) is 7.19. The molecule has 1 N–H and O–H groups in total. The van der Waals surface area contributed by atoms with Crippen molar-refractivity contribution >= 4 is 63.3 Å². The van der Waals surface area contributed by atoms with Crippen LogP contribution in [0, 0.1) is 6.92 Å². The van der Waals surface area contributed by atoms with E-state index in [9.17, 15) is 9.59 Å². The molecular weight excluding hydrogens is 392 g/mol. The van der Waals surface area contributed by atoms with Crippen LogP contribution < -0.4 is 10.2 Å². The summed E-state index contributed by atoms with van der Waals surface area (Å²) < 4.78 is 0. The Morgan fingerprint density at radius 1 is 0.964 bits per heavy atom. The van der Waals surface area contributed by atoms with Crippen LogP contribution in [-0.2, 0) is 9.59 Å². The van der Waals surface area contributed by atoms with Crippen LogP contribution in [0.5, 0.6) is 0 Å². The topological polar surface area (TPSA) is 49.4 Å². The minimum Gasteiger partial charge on any atom is -0.298 e. The Labute approximate surface area is 172 Å². The van der Waals surface area contributed by atoms with Gasteiger partial charge in [0.15, 0.2) is 5.11 Å². The van der Waals surface area contributed by atoms with Crippen LogP contribution in [0.4, 0.5) is 5.69 Å². The fourth-order valence-corrected chi connectivity index (χ4v) is 3.64.